The van der Waals surface area contributed by atoms with Gasteiger partial charge in [-0.25, -0.2) is 0 Å². The Kier molecular flexibility index (Phi) is 5.60. The van der Waals surface area contributed by atoms with Gasteiger partial charge in [0.15, 0.2) is 0 Å². The van der Waals surface area contributed by atoms with Gasteiger partial charge < -0.3 is 15.2 Å². The molecular weight excluding hydrogens is 282 g/mol. The lowest BCUT2D eigenvalue weighted by atomic mass is 10.2. The summed E-state index contributed by atoms with van der Waals surface area (Å²) in [5.41, 5.74) is 0. The van der Waals surface area contributed by atoms with Gasteiger partial charge in [0.25, 0.3) is 0 Å². The van der Waals surface area contributed by atoms with Crippen LogP contribution >= 0.6 is 22.9 Å². The fraction of sp³-hybridized carbons (Fsp3) is 0.429. The molecule has 1 heterocycles. The summed E-state index contributed by atoms with van der Waals surface area (Å²) in [6, 6.07) is 8.14. The number of fused-ring (bicyclic) bond motifs is 1. The van der Waals surface area contributed by atoms with Crippen molar-refractivity contribution in [2.75, 3.05) is 20.3 Å². The Morgan fingerprint density at radius 3 is 2.95 bits per heavy atom. The molecule has 0 saturated carbocycles. The van der Waals surface area contributed by atoms with E-state index >= 15 is 0 Å². The monoisotopic (exact) mass is 299 g/mol. The van der Waals surface area contributed by atoms with Gasteiger partial charge in [-0.15, -0.1) is 11.3 Å². The maximum Gasteiger partial charge on any atom is 0.0785 e. The van der Waals surface area contributed by atoms with Crippen LogP contribution in [-0.4, -0.2) is 31.5 Å². The maximum absolute atomic E-state index is 9.53. The number of aliphatic hydroxyl groups is 1. The second-order valence-corrected chi connectivity index (χ2v) is 5.92. The van der Waals surface area contributed by atoms with Crippen molar-refractivity contribution < 1.29 is 9.84 Å². The SMILES string of the molecule is COCC(O)CCNCc1sc2ccccc2c1Cl. The molecule has 0 saturated heterocycles. The molecule has 0 amide bonds. The summed E-state index contributed by atoms with van der Waals surface area (Å²) in [5, 5.41) is 14.8. The molecule has 0 aliphatic carbocycles. The van der Waals surface area contributed by atoms with Crippen molar-refractivity contribution in [3.8, 4) is 0 Å². The Labute approximate surface area is 122 Å². The van der Waals surface area contributed by atoms with E-state index in [2.05, 4.69) is 11.4 Å². The van der Waals surface area contributed by atoms with Crippen LogP contribution in [0, 0.1) is 0 Å². The van der Waals surface area contributed by atoms with Crippen LogP contribution in [0.3, 0.4) is 0 Å². The first kappa shape index (κ1) is 14.8. The lowest BCUT2D eigenvalue weighted by Crippen LogP contribution is -2.22. The number of rotatable bonds is 7. The molecule has 0 fully saturated rings. The van der Waals surface area contributed by atoms with Crippen LogP contribution in [0.2, 0.25) is 5.02 Å². The lowest BCUT2D eigenvalue weighted by Gasteiger charge is -2.09. The van der Waals surface area contributed by atoms with E-state index < -0.39 is 6.10 Å². The van der Waals surface area contributed by atoms with Gasteiger partial charge >= 0.3 is 0 Å². The fourth-order valence-electron chi connectivity index (χ4n) is 1.92. The quantitative estimate of drug-likeness (QED) is 0.772. The van der Waals surface area contributed by atoms with Crippen molar-refractivity contribution in [1.29, 1.82) is 0 Å². The van der Waals surface area contributed by atoms with Crippen molar-refractivity contribution in [3.63, 3.8) is 0 Å². The third-order valence-electron chi connectivity index (χ3n) is 2.90. The molecule has 0 radical (unpaired) electrons. The van der Waals surface area contributed by atoms with E-state index in [1.807, 2.05) is 18.2 Å². The number of benzene rings is 1. The first-order chi connectivity index (χ1) is 9.22. The molecule has 1 aromatic carbocycles. The first-order valence-electron chi connectivity index (χ1n) is 6.26. The fourth-order valence-corrected chi connectivity index (χ4v) is 3.39. The topological polar surface area (TPSA) is 41.5 Å². The molecule has 2 N–H and O–H groups in total. The second kappa shape index (κ2) is 7.22. The van der Waals surface area contributed by atoms with Gasteiger partial charge in [0.1, 0.15) is 0 Å². The summed E-state index contributed by atoms with van der Waals surface area (Å²) >= 11 is 8.06. The number of hydrogen-bond donors (Lipinski definition) is 2. The summed E-state index contributed by atoms with van der Waals surface area (Å²) < 4.78 is 6.09. The minimum absolute atomic E-state index is 0.380. The van der Waals surface area contributed by atoms with Crippen LogP contribution in [0.4, 0.5) is 0 Å². The first-order valence-corrected chi connectivity index (χ1v) is 7.45. The molecule has 1 aromatic heterocycles. The molecular formula is C14H18ClNO2S. The Balaban J connectivity index is 1.86. The van der Waals surface area contributed by atoms with Crippen LogP contribution in [0.5, 0.6) is 0 Å². The molecule has 0 aliphatic rings. The summed E-state index contributed by atoms with van der Waals surface area (Å²) in [6.07, 6.45) is 0.270. The van der Waals surface area contributed by atoms with E-state index in [-0.39, 0.29) is 0 Å². The normalized spacial score (nSPS) is 13.0. The third-order valence-corrected chi connectivity index (χ3v) is 4.61. The zero-order valence-corrected chi connectivity index (χ0v) is 12.4. The van der Waals surface area contributed by atoms with E-state index in [1.54, 1.807) is 18.4 Å². The van der Waals surface area contributed by atoms with Crippen LogP contribution in [0.15, 0.2) is 24.3 Å². The van der Waals surface area contributed by atoms with Gasteiger partial charge in [0.05, 0.1) is 17.7 Å². The zero-order chi connectivity index (χ0) is 13.7. The number of ether oxygens (including phenoxy) is 1. The Hall–Kier alpha value is -0.650. The predicted molar refractivity (Wildman–Crippen MR) is 81.0 cm³/mol. The summed E-state index contributed by atoms with van der Waals surface area (Å²) in [7, 11) is 1.59. The van der Waals surface area contributed by atoms with E-state index in [4.69, 9.17) is 16.3 Å². The Morgan fingerprint density at radius 1 is 1.42 bits per heavy atom. The molecule has 1 atom stereocenters. The van der Waals surface area contributed by atoms with E-state index in [0.29, 0.717) is 13.0 Å². The number of hydrogen-bond acceptors (Lipinski definition) is 4. The van der Waals surface area contributed by atoms with E-state index in [1.165, 1.54) is 4.70 Å². The highest BCUT2D eigenvalue weighted by molar-refractivity contribution is 7.19. The Bertz CT molecular complexity index is 529. The smallest absolute Gasteiger partial charge is 0.0785 e. The largest absolute Gasteiger partial charge is 0.391 e. The van der Waals surface area contributed by atoms with Gasteiger partial charge in [0, 0.05) is 28.6 Å². The molecule has 1 unspecified atom stereocenters. The summed E-state index contributed by atoms with van der Waals surface area (Å²) in [5.74, 6) is 0. The molecule has 104 valence electrons. The van der Waals surface area contributed by atoms with Crippen molar-refractivity contribution >= 4 is 33.0 Å². The van der Waals surface area contributed by atoms with Crippen molar-refractivity contribution in [2.24, 2.45) is 0 Å². The molecule has 0 bridgehead atoms. The third kappa shape index (κ3) is 3.91. The highest BCUT2D eigenvalue weighted by atomic mass is 35.5. The molecule has 0 spiro atoms. The average molecular weight is 300 g/mol. The number of thiophene rings is 1. The van der Waals surface area contributed by atoms with Gasteiger partial charge in [-0.1, -0.05) is 29.8 Å². The lowest BCUT2D eigenvalue weighted by molar-refractivity contribution is 0.0594. The van der Waals surface area contributed by atoms with Gasteiger partial charge in [0.2, 0.25) is 0 Å². The van der Waals surface area contributed by atoms with Crippen LogP contribution in [0.25, 0.3) is 10.1 Å². The van der Waals surface area contributed by atoms with E-state index in [9.17, 15) is 5.11 Å². The van der Waals surface area contributed by atoms with E-state index in [0.717, 1.165) is 28.4 Å². The molecule has 2 aromatic rings. The maximum atomic E-state index is 9.53. The summed E-state index contributed by atoms with van der Waals surface area (Å²) in [4.78, 5) is 1.14. The van der Waals surface area contributed by atoms with Gasteiger partial charge in [-0.3, -0.25) is 0 Å². The van der Waals surface area contributed by atoms with Crippen LogP contribution < -0.4 is 5.32 Å². The predicted octanol–water partition coefficient (Wildman–Crippen LogP) is 3.04. The van der Waals surface area contributed by atoms with Crippen molar-refractivity contribution in [3.05, 3.63) is 34.2 Å². The number of methoxy groups -OCH3 is 1. The van der Waals surface area contributed by atoms with Gasteiger partial charge in [-0.05, 0) is 19.0 Å². The zero-order valence-electron chi connectivity index (χ0n) is 10.9. The standard InChI is InChI=1S/C14H18ClNO2S/c1-18-9-10(17)6-7-16-8-13-14(15)11-4-2-3-5-12(11)19-13/h2-5,10,16-17H,6-9H2,1H3. The number of aliphatic hydroxyl groups excluding tert-OH is 1. The van der Waals surface area contributed by atoms with Crippen molar-refractivity contribution in [1.82, 2.24) is 5.32 Å². The highest BCUT2D eigenvalue weighted by Crippen LogP contribution is 2.34. The summed E-state index contributed by atoms with van der Waals surface area (Å²) in [6.45, 7) is 1.86. The number of halogens is 1. The minimum Gasteiger partial charge on any atom is -0.391 e. The molecule has 3 nitrogen and oxygen atoms in total. The average Bonchev–Trinajstić information content (AvgIpc) is 2.73. The molecule has 19 heavy (non-hydrogen) atoms. The molecule has 5 heteroatoms. The second-order valence-electron chi connectivity index (χ2n) is 4.41. The highest BCUT2D eigenvalue weighted by Gasteiger charge is 2.09. The van der Waals surface area contributed by atoms with Crippen molar-refractivity contribution in [2.45, 2.75) is 19.1 Å². The number of nitrogens with one attached hydrogen (secondary N) is 1. The van der Waals surface area contributed by atoms with Crippen LogP contribution in [0.1, 0.15) is 11.3 Å². The molecule has 0 aliphatic heterocycles. The van der Waals surface area contributed by atoms with Gasteiger partial charge in [-0.2, -0.15) is 0 Å². The van der Waals surface area contributed by atoms with Crippen LogP contribution in [-0.2, 0) is 11.3 Å². The Morgan fingerprint density at radius 2 is 2.21 bits per heavy atom. The minimum atomic E-state index is -0.407. The molecule has 2 rings (SSSR count).